The fraction of sp³-hybridized carbons (Fsp3) is 0.222. The van der Waals surface area contributed by atoms with E-state index >= 15 is 0 Å². The molecule has 0 aromatic heterocycles. The average Bonchev–Trinajstić information content (AvgIpc) is 2.42. The Morgan fingerprint density at radius 3 is 2.14 bits per heavy atom. The molecule has 0 aliphatic carbocycles. The van der Waals surface area contributed by atoms with Crippen LogP contribution in [0.5, 0.6) is 0 Å². The van der Waals surface area contributed by atoms with Gasteiger partial charge in [0.15, 0.2) is 0 Å². The Kier molecular flexibility index (Phi) is 4.93. The van der Waals surface area contributed by atoms with Crippen LogP contribution in [0.2, 0.25) is 0 Å². The van der Waals surface area contributed by atoms with Gasteiger partial charge in [-0.05, 0) is 49.6 Å². The van der Waals surface area contributed by atoms with Gasteiger partial charge in [0.25, 0.3) is 5.91 Å². The van der Waals surface area contributed by atoms with Crippen LogP contribution in [-0.4, -0.2) is 10.9 Å². The van der Waals surface area contributed by atoms with Crippen LogP contribution in [0.15, 0.2) is 36.4 Å². The Hall–Kier alpha value is -2.20. The Morgan fingerprint density at radius 2 is 1.64 bits per heavy atom. The molecule has 0 heterocycles. The van der Waals surface area contributed by atoms with Crippen LogP contribution in [0.1, 0.15) is 32.6 Å². The number of carbonyl (C=O) groups is 1. The molecule has 2 rings (SSSR count). The zero-order chi connectivity index (χ0) is 16.3. The van der Waals surface area contributed by atoms with Gasteiger partial charge in [-0.1, -0.05) is 42.0 Å². The van der Waals surface area contributed by atoms with E-state index < -0.39 is 0 Å². The smallest absolute Gasteiger partial charge is 0.255 e. The Bertz CT molecular complexity index is 697. The van der Waals surface area contributed by atoms with E-state index in [1.807, 2.05) is 32.9 Å². The molecule has 1 amide bonds. The third-order valence-electron chi connectivity index (χ3n) is 3.51. The lowest BCUT2D eigenvalue weighted by Crippen LogP contribution is -2.14. The molecule has 2 aromatic rings. The highest BCUT2D eigenvalue weighted by Crippen LogP contribution is 2.22. The van der Waals surface area contributed by atoms with Crippen molar-refractivity contribution in [1.29, 1.82) is 0 Å². The number of thiocarbonyl (C=S) groups is 1. The van der Waals surface area contributed by atoms with Gasteiger partial charge in [0.05, 0.1) is 4.99 Å². The van der Waals surface area contributed by atoms with Gasteiger partial charge in [0.1, 0.15) is 0 Å². The second-order valence-electron chi connectivity index (χ2n) is 5.57. The molecule has 0 aliphatic heterocycles. The first-order valence-electron chi connectivity index (χ1n) is 7.13. The molecule has 3 N–H and O–H groups in total. The summed E-state index contributed by atoms with van der Waals surface area (Å²) in [6.45, 7) is 6.05. The number of anilines is 1. The lowest BCUT2D eigenvalue weighted by molar-refractivity contribution is 0.102. The van der Waals surface area contributed by atoms with Crippen LogP contribution in [0, 0.1) is 20.8 Å². The first kappa shape index (κ1) is 16.2. The summed E-state index contributed by atoms with van der Waals surface area (Å²) in [5.74, 6) is -0.114. The summed E-state index contributed by atoms with van der Waals surface area (Å²) < 4.78 is 0. The highest BCUT2D eigenvalue weighted by Gasteiger charge is 2.10. The Morgan fingerprint density at radius 1 is 1.09 bits per heavy atom. The highest BCUT2D eigenvalue weighted by atomic mass is 32.1. The van der Waals surface area contributed by atoms with E-state index in [4.69, 9.17) is 18.0 Å². The van der Waals surface area contributed by atoms with Crippen LogP contribution in [0.25, 0.3) is 0 Å². The maximum absolute atomic E-state index is 12.4. The van der Waals surface area contributed by atoms with E-state index in [0.29, 0.717) is 17.0 Å². The number of hydrogen-bond acceptors (Lipinski definition) is 2. The fourth-order valence-corrected chi connectivity index (χ4v) is 2.70. The summed E-state index contributed by atoms with van der Waals surface area (Å²) in [5, 5.41) is 2.99. The van der Waals surface area contributed by atoms with Crippen LogP contribution in [0.4, 0.5) is 5.69 Å². The van der Waals surface area contributed by atoms with Gasteiger partial charge in [0, 0.05) is 17.7 Å². The number of carbonyl (C=O) groups excluding carboxylic acids is 1. The van der Waals surface area contributed by atoms with Crippen LogP contribution in [-0.2, 0) is 6.42 Å². The van der Waals surface area contributed by atoms with Crippen molar-refractivity contribution in [3.8, 4) is 0 Å². The topological polar surface area (TPSA) is 55.1 Å². The summed E-state index contributed by atoms with van der Waals surface area (Å²) in [6.07, 6.45) is 0.549. The van der Waals surface area contributed by atoms with Crippen LogP contribution >= 0.6 is 12.2 Å². The average molecular weight is 312 g/mol. The number of aryl methyl sites for hydroxylation is 3. The van der Waals surface area contributed by atoms with E-state index in [1.54, 1.807) is 12.1 Å². The number of amides is 1. The Labute approximate surface area is 136 Å². The molecule has 114 valence electrons. The highest BCUT2D eigenvalue weighted by molar-refractivity contribution is 7.80. The summed E-state index contributed by atoms with van der Waals surface area (Å²) in [7, 11) is 0. The van der Waals surface area contributed by atoms with Gasteiger partial charge < -0.3 is 11.1 Å². The molecule has 0 radical (unpaired) electrons. The molecule has 0 atom stereocenters. The predicted molar refractivity (Wildman–Crippen MR) is 95.5 cm³/mol. The van der Waals surface area contributed by atoms with Crippen LogP contribution in [0.3, 0.4) is 0 Å². The van der Waals surface area contributed by atoms with Crippen molar-refractivity contribution >= 4 is 28.8 Å². The minimum absolute atomic E-state index is 0.114. The van der Waals surface area contributed by atoms with E-state index in [-0.39, 0.29) is 5.91 Å². The van der Waals surface area contributed by atoms with Gasteiger partial charge in [-0.2, -0.15) is 0 Å². The zero-order valence-corrected chi connectivity index (χ0v) is 13.9. The summed E-state index contributed by atoms with van der Waals surface area (Å²) >= 11 is 4.89. The van der Waals surface area contributed by atoms with Crippen molar-refractivity contribution in [1.82, 2.24) is 0 Å². The fourth-order valence-electron chi connectivity index (χ4n) is 2.54. The summed E-state index contributed by atoms with van der Waals surface area (Å²) in [4.78, 5) is 12.8. The van der Waals surface area contributed by atoms with Gasteiger partial charge >= 0.3 is 0 Å². The number of hydrogen-bond donors (Lipinski definition) is 2. The summed E-state index contributed by atoms with van der Waals surface area (Å²) in [5.41, 5.74) is 11.3. The zero-order valence-electron chi connectivity index (χ0n) is 13.1. The maximum atomic E-state index is 12.4. The van der Waals surface area contributed by atoms with E-state index in [9.17, 15) is 4.79 Å². The molecular weight excluding hydrogens is 292 g/mol. The third kappa shape index (κ3) is 3.92. The van der Waals surface area contributed by atoms with Crippen molar-refractivity contribution in [2.24, 2.45) is 5.73 Å². The molecule has 0 saturated heterocycles. The van der Waals surface area contributed by atoms with Gasteiger partial charge in [0.2, 0.25) is 0 Å². The molecule has 2 aromatic carbocycles. The van der Waals surface area contributed by atoms with Crippen molar-refractivity contribution in [2.75, 3.05) is 5.32 Å². The molecule has 22 heavy (non-hydrogen) atoms. The van der Waals surface area contributed by atoms with Crippen molar-refractivity contribution in [3.05, 3.63) is 64.2 Å². The van der Waals surface area contributed by atoms with Gasteiger partial charge in [-0.3, -0.25) is 4.79 Å². The maximum Gasteiger partial charge on any atom is 0.255 e. The largest absolute Gasteiger partial charge is 0.393 e. The molecule has 0 bridgehead atoms. The van der Waals surface area contributed by atoms with Gasteiger partial charge in [-0.25, -0.2) is 0 Å². The van der Waals surface area contributed by atoms with Crippen molar-refractivity contribution in [2.45, 2.75) is 27.2 Å². The number of rotatable bonds is 4. The summed E-state index contributed by atoms with van der Waals surface area (Å²) in [6, 6.07) is 11.5. The standard InChI is InChI=1S/C18H20N2OS/c1-11-8-12(2)17(13(3)9-11)20-18(21)15-6-4-14(5-7-15)10-16(19)22/h4-9H,10H2,1-3H3,(H2,19,22)(H,20,21). The van der Waals surface area contributed by atoms with Crippen LogP contribution < -0.4 is 11.1 Å². The molecular formula is C18H20N2OS. The Balaban J connectivity index is 2.17. The number of benzene rings is 2. The molecule has 0 saturated carbocycles. The normalized spacial score (nSPS) is 10.3. The van der Waals surface area contributed by atoms with Gasteiger partial charge in [-0.15, -0.1) is 0 Å². The quantitative estimate of drug-likeness (QED) is 0.847. The minimum Gasteiger partial charge on any atom is -0.393 e. The van der Waals surface area contributed by atoms with E-state index in [1.165, 1.54) is 5.56 Å². The SMILES string of the molecule is Cc1cc(C)c(NC(=O)c2ccc(CC(N)=S)cc2)c(C)c1. The number of nitrogens with two attached hydrogens (primary N) is 1. The third-order valence-corrected chi connectivity index (χ3v) is 3.65. The molecule has 0 spiro atoms. The lowest BCUT2D eigenvalue weighted by atomic mass is 10.0. The molecule has 4 heteroatoms. The minimum atomic E-state index is -0.114. The first-order chi connectivity index (χ1) is 10.4. The second-order valence-corrected chi connectivity index (χ2v) is 6.09. The molecule has 0 aliphatic rings. The van der Waals surface area contributed by atoms with E-state index in [0.717, 1.165) is 22.4 Å². The molecule has 0 unspecified atom stereocenters. The van der Waals surface area contributed by atoms with Crippen molar-refractivity contribution < 1.29 is 4.79 Å². The van der Waals surface area contributed by atoms with Crippen molar-refractivity contribution in [3.63, 3.8) is 0 Å². The lowest BCUT2D eigenvalue weighted by Gasteiger charge is -2.13. The monoisotopic (exact) mass is 312 g/mol. The number of nitrogens with one attached hydrogen (secondary N) is 1. The molecule has 0 fully saturated rings. The first-order valence-corrected chi connectivity index (χ1v) is 7.54. The van der Waals surface area contributed by atoms with E-state index in [2.05, 4.69) is 17.4 Å². The molecule has 3 nitrogen and oxygen atoms in total. The predicted octanol–water partition coefficient (Wildman–Crippen LogP) is 3.69. The second kappa shape index (κ2) is 6.71.